The Morgan fingerprint density at radius 3 is 2.40 bits per heavy atom. The molecule has 0 amide bonds. The van der Waals surface area contributed by atoms with E-state index in [9.17, 15) is 4.79 Å². The molecular formula is C20H28O5. The van der Waals surface area contributed by atoms with Crippen molar-refractivity contribution in [2.24, 2.45) is 11.8 Å². The van der Waals surface area contributed by atoms with Gasteiger partial charge in [0.15, 0.2) is 0 Å². The lowest BCUT2D eigenvalue weighted by Crippen LogP contribution is -2.34. The second kappa shape index (κ2) is 9.32. The number of carbonyl (C=O) groups is 1. The normalized spacial score (nSPS) is 27.7. The summed E-state index contributed by atoms with van der Waals surface area (Å²) in [4.78, 5) is 10.5. The molecule has 5 heteroatoms. The number of ether oxygens (including phenoxy) is 3. The number of carboxylic acids is 1. The molecular weight excluding hydrogens is 320 g/mol. The summed E-state index contributed by atoms with van der Waals surface area (Å²) in [5.41, 5.74) is 1.19. The molecule has 2 aliphatic rings. The lowest BCUT2D eigenvalue weighted by molar-refractivity contribution is -0.137. The van der Waals surface area contributed by atoms with Crippen LogP contribution < -0.4 is 0 Å². The smallest absolute Gasteiger partial charge is 0.303 e. The second-order valence-corrected chi connectivity index (χ2v) is 7.04. The molecule has 4 unspecified atom stereocenters. The molecule has 0 spiro atoms. The molecule has 0 radical (unpaired) electrons. The lowest BCUT2D eigenvalue weighted by Gasteiger charge is -2.27. The summed E-state index contributed by atoms with van der Waals surface area (Å²) >= 11 is 0. The van der Waals surface area contributed by atoms with Crippen molar-refractivity contribution in [3.05, 3.63) is 35.9 Å². The zero-order valence-electron chi connectivity index (χ0n) is 14.6. The van der Waals surface area contributed by atoms with E-state index in [-0.39, 0.29) is 6.42 Å². The van der Waals surface area contributed by atoms with E-state index >= 15 is 0 Å². The van der Waals surface area contributed by atoms with Crippen molar-refractivity contribution in [1.29, 1.82) is 0 Å². The number of hydrogen-bond donors (Lipinski definition) is 1. The van der Waals surface area contributed by atoms with E-state index in [0.29, 0.717) is 56.9 Å². The molecule has 138 valence electrons. The minimum atomic E-state index is -0.739. The fourth-order valence-electron chi connectivity index (χ4n) is 3.92. The van der Waals surface area contributed by atoms with Gasteiger partial charge in [-0.15, -0.1) is 0 Å². The monoisotopic (exact) mass is 348 g/mol. The van der Waals surface area contributed by atoms with Crippen LogP contribution in [-0.2, 0) is 25.6 Å². The molecule has 0 saturated carbocycles. The maximum atomic E-state index is 10.5. The highest BCUT2D eigenvalue weighted by Gasteiger charge is 2.48. The average Bonchev–Trinajstić information content (AvgIpc) is 3.21. The van der Waals surface area contributed by atoms with Gasteiger partial charge in [0.1, 0.15) is 0 Å². The highest BCUT2D eigenvalue weighted by atomic mass is 16.5. The Bertz CT molecular complexity index is 532. The summed E-state index contributed by atoms with van der Waals surface area (Å²) in [6, 6.07) is 10.2. The Balaban J connectivity index is 1.38. The van der Waals surface area contributed by atoms with Crippen molar-refractivity contribution >= 4 is 5.97 Å². The summed E-state index contributed by atoms with van der Waals surface area (Å²) in [6.07, 6.45) is 4.54. The van der Waals surface area contributed by atoms with Gasteiger partial charge in [-0.2, -0.15) is 0 Å². The number of benzene rings is 1. The summed E-state index contributed by atoms with van der Waals surface area (Å²) in [5.74, 6) is 0.0626. The molecule has 3 rings (SSSR count). The molecule has 0 aliphatic carbocycles. The van der Waals surface area contributed by atoms with Crippen molar-refractivity contribution in [3.63, 3.8) is 0 Å². The summed E-state index contributed by atoms with van der Waals surface area (Å²) in [5, 5.41) is 8.64. The molecule has 1 aromatic carbocycles. The van der Waals surface area contributed by atoms with Gasteiger partial charge in [-0.1, -0.05) is 30.3 Å². The van der Waals surface area contributed by atoms with Crippen LogP contribution in [0.1, 0.15) is 37.7 Å². The van der Waals surface area contributed by atoms with E-state index in [1.54, 1.807) is 0 Å². The minimum Gasteiger partial charge on any atom is -0.481 e. The standard InChI is InChI=1S/C20H28O5/c21-20(22)8-4-5-11-23-13-16-17(19-10-9-18(16)25-19)14-24-12-15-6-2-1-3-7-15/h1-3,6-7,16-19H,4-5,8-14H2,(H,21,22). The van der Waals surface area contributed by atoms with E-state index in [2.05, 4.69) is 12.1 Å². The zero-order valence-corrected chi connectivity index (χ0v) is 14.6. The van der Waals surface area contributed by atoms with Crippen molar-refractivity contribution < 1.29 is 24.1 Å². The molecule has 1 aromatic rings. The summed E-state index contributed by atoms with van der Waals surface area (Å²) < 4.78 is 17.8. The first-order chi connectivity index (χ1) is 12.2. The predicted molar refractivity (Wildman–Crippen MR) is 93.3 cm³/mol. The van der Waals surface area contributed by atoms with Crippen LogP contribution in [0.5, 0.6) is 0 Å². The predicted octanol–water partition coefficient (Wildman–Crippen LogP) is 3.27. The molecule has 5 nitrogen and oxygen atoms in total. The Hall–Kier alpha value is -1.43. The van der Waals surface area contributed by atoms with Gasteiger partial charge in [-0.3, -0.25) is 4.79 Å². The Labute approximate surface area is 149 Å². The molecule has 2 bridgehead atoms. The van der Waals surface area contributed by atoms with E-state index in [1.807, 2.05) is 18.2 Å². The maximum Gasteiger partial charge on any atom is 0.303 e. The van der Waals surface area contributed by atoms with Crippen LogP contribution in [0.2, 0.25) is 0 Å². The van der Waals surface area contributed by atoms with Gasteiger partial charge >= 0.3 is 5.97 Å². The third-order valence-corrected chi connectivity index (χ3v) is 5.25. The van der Waals surface area contributed by atoms with Crippen molar-refractivity contribution in [3.8, 4) is 0 Å². The first-order valence-corrected chi connectivity index (χ1v) is 9.30. The van der Waals surface area contributed by atoms with Crippen LogP contribution in [0.15, 0.2) is 30.3 Å². The van der Waals surface area contributed by atoms with Crippen LogP contribution in [0.3, 0.4) is 0 Å². The third-order valence-electron chi connectivity index (χ3n) is 5.25. The number of carboxylic acid groups (broad SMARTS) is 1. The Morgan fingerprint density at radius 2 is 1.72 bits per heavy atom. The molecule has 2 heterocycles. The average molecular weight is 348 g/mol. The minimum absolute atomic E-state index is 0.219. The van der Waals surface area contributed by atoms with Crippen LogP contribution in [0.25, 0.3) is 0 Å². The zero-order chi connectivity index (χ0) is 17.5. The maximum absolute atomic E-state index is 10.5. The Kier molecular flexibility index (Phi) is 6.84. The summed E-state index contributed by atoms with van der Waals surface area (Å²) in [7, 11) is 0. The SMILES string of the molecule is O=C(O)CCCCOCC1C2CCC(O2)C1COCc1ccccc1. The van der Waals surface area contributed by atoms with Gasteiger partial charge in [0.05, 0.1) is 32.0 Å². The lowest BCUT2D eigenvalue weighted by atomic mass is 9.80. The highest BCUT2D eigenvalue weighted by molar-refractivity contribution is 5.66. The number of fused-ring (bicyclic) bond motifs is 2. The van der Waals surface area contributed by atoms with Crippen molar-refractivity contribution in [2.75, 3.05) is 19.8 Å². The number of unbranched alkanes of at least 4 members (excludes halogenated alkanes) is 1. The summed E-state index contributed by atoms with van der Waals surface area (Å²) in [6.45, 7) is 2.66. The molecule has 25 heavy (non-hydrogen) atoms. The molecule has 0 aromatic heterocycles. The second-order valence-electron chi connectivity index (χ2n) is 7.04. The van der Waals surface area contributed by atoms with Crippen molar-refractivity contribution in [1.82, 2.24) is 0 Å². The van der Waals surface area contributed by atoms with Gasteiger partial charge in [-0.25, -0.2) is 0 Å². The molecule has 2 aliphatic heterocycles. The molecule has 2 saturated heterocycles. The van der Waals surface area contributed by atoms with Gasteiger partial charge in [0, 0.05) is 24.9 Å². The van der Waals surface area contributed by atoms with E-state index < -0.39 is 5.97 Å². The number of aliphatic carboxylic acids is 1. The topological polar surface area (TPSA) is 65.0 Å². The highest BCUT2D eigenvalue weighted by Crippen LogP contribution is 2.43. The molecule has 1 N–H and O–H groups in total. The van der Waals surface area contributed by atoms with Crippen LogP contribution in [0.4, 0.5) is 0 Å². The first-order valence-electron chi connectivity index (χ1n) is 9.30. The van der Waals surface area contributed by atoms with Gasteiger partial charge in [0.25, 0.3) is 0 Å². The van der Waals surface area contributed by atoms with Crippen LogP contribution in [0, 0.1) is 11.8 Å². The third kappa shape index (κ3) is 5.27. The van der Waals surface area contributed by atoms with E-state index in [1.165, 1.54) is 5.56 Å². The van der Waals surface area contributed by atoms with E-state index in [4.69, 9.17) is 19.3 Å². The largest absolute Gasteiger partial charge is 0.481 e. The van der Waals surface area contributed by atoms with E-state index in [0.717, 1.165) is 19.3 Å². The van der Waals surface area contributed by atoms with Crippen LogP contribution >= 0.6 is 0 Å². The van der Waals surface area contributed by atoms with Crippen molar-refractivity contribution in [2.45, 2.75) is 50.9 Å². The number of rotatable bonds is 11. The van der Waals surface area contributed by atoms with Gasteiger partial charge in [0.2, 0.25) is 0 Å². The van der Waals surface area contributed by atoms with Gasteiger partial charge < -0.3 is 19.3 Å². The first kappa shape index (κ1) is 18.4. The quantitative estimate of drug-likeness (QED) is 0.622. The fraction of sp³-hybridized carbons (Fsp3) is 0.650. The Morgan fingerprint density at radius 1 is 1.04 bits per heavy atom. The molecule has 4 atom stereocenters. The number of hydrogen-bond acceptors (Lipinski definition) is 4. The fourth-order valence-corrected chi connectivity index (χ4v) is 3.92. The van der Waals surface area contributed by atoms with Crippen LogP contribution in [-0.4, -0.2) is 43.1 Å². The molecule has 2 fully saturated rings. The van der Waals surface area contributed by atoms with Gasteiger partial charge in [-0.05, 0) is 31.2 Å².